The van der Waals surface area contributed by atoms with Crippen LogP contribution in [-0.4, -0.2) is 40.8 Å². The predicted octanol–water partition coefficient (Wildman–Crippen LogP) is 6.80. The molecule has 0 aromatic rings. The standard InChI is InChI=1S/C20H45O3PS/c1-6-7-8-9-10-11-12-13-14-15-16-17-18-19-20-25(21,22)23-24(2,3,4)5/h6-20H2,1-5H3. The summed E-state index contributed by atoms with van der Waals surface area (Å²) in [5.41, 5.74) is 0. The zero-order chi connectivity index (χ0) is 19.3. The van der Waals surface area contributed by atoms with Crippen LogP contribution < -0.4 is 0 Å². The maximum absolute atomic E-state index is 12.0. The van der Waals surface area contributed by atoms with Crippen LogP contribution in [0, 0.1) is 0 Å². The van der Waals surface area contributed by atoms with Crippen molar-refractivity contribution >= 4 is 16.9 Å². The molecule has 0 N–H and O–H groups in total. The third kappa shape index (κ3) is 20.5. The average Bonchev–Trinajstić information content (AvgIpc) is 2.44. The normalized spacial score (nSPS) is 14.4. The molecule has 0 amide bonds. The third-order valence-electron chi connectivity index (χ3n) is 4.16. The first-order valence-electron chi connectivity index (χ1n) is 10.5. The van der Waals surface area contributed by atoms with Gasteiger partial charge in [0.25, 0.3) is 0 Å². The van der Waals surface area contributed by atoms with Gasteiger partial charge in [0.1, 0.15) is 0 Å². The summed E-state index contributed by atoms with van der Waals surface area (Å²) in [7, 11) is -3.36. The Labute approximate surface area is 158 Å². The topological polar surface area (TPSA) is 43.4 Å². The zero-order valence-corrected chi connectivity index (χ0v) is 19.4. The second kappa shape index (κ2) is 12.7. The minimum atomic E-state index is -3.36. The molecule has 154 valence electrons. The van der Waals surface area contributed by atoms with Crippen molar-refractivity contribution < 1.29 is 12.4 Å². The summed E-state index contributed by atoms with van der Waals surface area (Å²) in [5.74, 6) is 0.173. The van der Waals surface area contributed by atoms with Gasteiger partial charge in [-0.05, 0) is 0 Å². The number of hydrogen-bond acceptors (Lipinski definition) is 3. The monoisotopic (exact) mass is 396 g/mol. The number of hydrogen-bond donors (Lipinski definition) is 0. The Morgan fingerprint density at radius 2 is 0.920 bits per heavy atom. The number of unbranched alkanes of at least 4 members (excludes halogenated alkanes) is 13. The van der Waals surface area contributed by atoms with Crippen molar-refractivity contribution in [1.29, 1.82) is 0 Å². The molecule has 3 nitrogen and oxygen atoms in total. The van der Waals surface area contributed by atoms with Crippen LogP contribution in [0.5, 0.6) is 0 Å². The Hall–Kier alpha value is 0.340. The Bertz CT molecular complexity index is 415. The van der Waals surface area contributed by atoms with E-state index in [0.29, 0.717) is 0 Å². The van der Waals surface area contributed by atoms with Gasteiger partial charge in [0, 0.05) is 0 Å². The SMILES string of the molecule is CCCCCCCCCCCCCCCCS(=O)(=O)OP(C)(C)(C)C. The van der Waals surface area contributed by atoms with Crippen LogP contribution in [0.2, 0.25) is 0 Å². The molecule has 0 aliphatic heterocycles. The molecule has 0 aromatic carbocycles. The van der Waals surface area contributed by atoms with Gasteiger partial charge in [-0.3, -0.25) is 0 Å². The zero-order valence-electron chi connectivity index (χ0n) is 17.7. The van der Waals surface area contributed by atoms with Crippen LogP contribution in [0.1, 0.15) is 96.8 Å². The molecule has 0 aliphatic rings. The second-order valence-corrected chi connectivity index (χ2v) is 18.3. The van der Waals surface area contributed by atoms with Gasteiger partial charge in [-0.15, -0.1) is 0 Å². The summed E-state index contributed by atoms with van der Waals surface area (Å²) >= 11 is 0. The molecule has 0 fully saturated rings. The first kappa shape index (κ1) is 25.3. The molecule has 0 bridgehead atoms. The van der Waals surface area contributed by atoms with Crippen molar-refractivity contribution in [3.05, 3.63) is 0 Å². The maximum atomic E-state index is 12.0. The first-order valence-corrected chi connectivity index (χ1v) is 16.0. The summed E-state index contributed by atoms with van der Waals surface area (Å²) in [4.78, 5) is 0. The molecule has 0 spiro atoms. The van der Waals surface area contributed by atoms with Crippen LogP contribution in [0.4, 0.5) is 0 Å². The summed E-state index contributed by atoms with van der Waals surface area (Å²) in [5, 5.41) is 0. The fourth-order valence-electron chi connectivity index (χ4n) is 2.96. The van der Waals surface area contributed by atoms with Crippen molar-refractivity contribution in [2.75, 3.05) is 32.4 Å². The van der Waals surface area contributed by atoms with Crippen LogP contribution in [0.25, 0.3) is 0 Å². The molecule has 0 atom stereocenters. The minimum absolute atomic E-state index is 0.173. The van der Waals surface area contributed by atoms with Crippen LogP contribution in [-0.2, 0) is 14.1 Å². The van der Waals surface area contributed by atoms with Crippen LogP contribution in [0.15, 0.2) is 0 Å². The molecule has 0 unspecified atom stereocenters. The van der Waals surface area contributed by atoms with Gasteiger partial charge in [-0.2, -0.15) is 0 Å². The van der Waals surface area contributed by atoms with E-state index in [1.54, 1.807) is 0 Å². The second-order valence-electron chi connectivity index (χ2n) is 9.35. The van der Waals surface area contributed by atoms with E-state index in [9.17, 15) is 8.42 Å². The van der Waals surface area contributed by atoms with Crippen molar-refractivity contribution in [3.8, 4) is 0 Å². The molecule has 0 saturated heterocycles. The Kier molecular flexibility index (Phi) is 12.9. The Balaban J connectivity index is 3.42. The van der Waals surface area contributed by atoms with Crippen molar-refractivity contribution in [1.82, 2.24) is 0 Å². The molecular formula is C20H45O3PS. The van der Waals surface area contributed by atoms with Crippen LogP contribution in [0.3, 0.4) is 0 Å². The molecule has 0 saturated carbocycles. The summed E-state index contributed by atoms with van der Waals surface area (Å²) in [6, 6.07) is 0. The molecule has 5 heteroatoms. The molecule has 0 heterocycles. The van der Waals surface area contributed by atoms with E-state index in [4.69, 9.17) is 3.97 Å². The fourth-order valence-corrected chi connectivity index (χ4v) is 7.45. The van der Waals surface area contributed by atoms with Gasteiger partial charge >= 0.3 is 120 Å². The molecule has 0 aromatic heterocycles. The first-order chi connectivity index (χ1) is 11.5. The van der Waals surface area contributed by atoms with Gasteiger partial charge in [0.05, 0.1) is 0 Å². The van der Waals surface area contributed by atoms with E-state index in [0.717, 1.165) is 19.3 Å². The average molecular weight is 397 g/mol. The quantitative estimate of drug-likeness (QED) is 0.200. The molecule has 25 heavy (non-hydrogen) atoms. The molecule has 0 aliphatic carbocycles. The Morgan fingerprint density at radius 1 is 0.600 bits per heavy atom. The summed E-state index contributed by atoms with van der Waals surface area (Å²) in [6.07, 6.45) is 17.8. The molecule has 0 radical (unpaired) electrons. The summed E-state index contributed by atoms with van der Waals surface area (Å²) < 4.78 is 29.4. The Morgan fingerprint density at radius 3 is 1.24 bits per heavy atom. The number of rotatable bonds is 17. The van der Waals surface area contributed by atoms with E-state index >= 15 is 0 Å². The molecular weight excluding hydrogens is 351 g/mol. The predicted molar refractivity (Wildman–Crippen MR) is 116 cm³/mol. The van der Waals surface area contributed by atoms with Gasteiger partial charge in [0.15, 0.2) is 0 Å². The summed E-state index contributed by atoms with van der Waals surface area (Å²) in [6.45, 7) is 7.51. The van der Waals surface area contributed by atoms with Gasteiger partial charge < -0.3 is 0 Å². The van der Waals surface area contributed by atoms with E-state index < -0.39 is 16.9 Å². The van der Waals surface area contributed by atoms with Gasteiger partial charge in [-0.25, -0.2) is 0 Å². The van der Waals surface area contributed by atoms with E-state index in [-0.39, 0.29) is 5.75 Å². The van der Waals surface area contributed by atoms with E-state index in [1.165, 1.54) is 70.6 Å². The van der Waals surface area contributed by atoms with Crippen LogP contribution >= 0.6 is 6.83 Å². The molecule has 0 rings (SSSR count). The fraction of sp³-hybridized carbons (Fsp3) is 1.00. The van der Waals surface area contributed by atoms with Crippen molar-refractivity contribution in [2.45, 2.75) is 96.8 Å². The van der Waals surface area contributed by atoms with E-state index in [2.05, 4.69) is 6.92 Å². The van der Waals surface area contributed by atoms with Gasteiger partial charge in [-0.1, -0.05) is 39.0 Å². The van der Waals surface area contributed by atoms with Crippen molar-refractivity contribution in [2.24, 2.45) is 0 Å². The third-order valence-corrected chi connectivity index (χ3v) is 8.24. The van der Waals surface area contributed by atoms with Gasteiger partial charge in [0.2, 0.25) is 0 Å². The van der Waals surface area contributed by atoms with E-state index in [1.807, 2.05) is 26.7 Å². The van der Waals surface area contributed by atoms with Crippen molar-refractivity contribution in [3.63, 3.8) is 0 Å².